The molecule has 0 aliphatic rings. The number of rotatable bonds is 7. The van der Waals surface area contributed by atoms with Gasteiger partial charge < -0.3 is 14.7 Å². The predicted octanol–water partition coefficient (Wildman–Crippen LogP) is 3.18. The number of aromatic nitrogens is 2. The number of nitriles is 1. The fraction of sp³-hybridized carbons (Fsp3) is 0.150. The van der Waals surface area contributed by atoms with Crippen molar-refractivity contribution in [2.75, 3.05) is 7.11 Å². The first-order chi connectivity index (χ1) is 14.4. The Hall–Kier alpha value is -4.39. The maximum absolute atomic E-state index is 11.5. The third-order valence-corrected chi connectivity index (χ3v) is 4.26. The van der Waals surface area contributed by atoms with E-state index in [4.69, 9.17) is 9.47 Å². The van der Waals surface area contributed by atoms with Gasteiger partial charge in [-0.2, -0.15) is 5.26 Å². The molecule has 0 fully saturated rings. The van der Waals surface area contributed by atoms with Crippen molar-refractivity contribution in [2.24, 2.45) is 0 Å². The van der Waals surface area contributed by atoms with Crippen LogP contribution in [-0.2, 0) is 6.61 Å². The molecule has 0 unspecified atom stereocenters. The minimum absolute atomic E-state index is 0.0540. The minimum atomic E-state index is -0.501. The maximum atomic E-state index is 11.5. The van der Waals surface area contributed by atoms with E-state index in [9.17, 15) is 20.6 Å². The summed E-state index contributed by atoms with van der Waals surface area (Å²) in [4.78, 5) is 10.6. The smallest absolute Gasteiger partial charge is 0.269 e. The van der Waals surface area contributed by atoms with Crippen LogP contribution in [0.15, 0.2) is 47.1 Å². The van der Waals surface area contributed by atoms with E-state index >= 15 is 0 Å². The molecule has 2 aromatic carbocycles. The predicted molar refractivity (Wildman–Crippen MR) is 104 cm³/mol. The largest absolute Gasteiger partial charge is 0.493 e. The molecule has 0 saturated carbocycles. The molecule has 0 radical (unpaired) electrons. The molecule has 0 aliphatic carbocycles. The topological polar surface area (TPSA) is 138 Å². The number of hydrogen-bond acceptors (Lipinski definition) is 8. The summed E-state index contributed by atoms with van der Waals surface area (Å²) in [5, 5.41) is 35.3. The van der Waals surface area contributed by atoms with Gasteiger partial charge in [0.25, 0.3) is 5.69 Å². The summed E-state index contributed by atoms with van der Waals surface area (Å²) in [5.74, 6) is 0.792. The average molecular weight is 408 g/mol. The summed E-state index contributed by atoms with van der Waals surface area (Å²) >= 11 is 0. The van der Waals surface area contributed by atoms with Crippen molar-refractivity contribution in [2.45, 2.75) is 13.5 Å². The van der Waals surface area contributed by atoms with Crippen LogP contribution in [0.5, 0.6) is 11.5 Å². The van der Waals surface area contributed by atoms with Crippen LogP contribution in [0.1, 0.15) is 22.5 Å². The highest BCUT2D eigenvalue weighted by molar-refractivity contribution is 5.90. The van der Waals surface area contributed by atoms with Crippen LogP contribution in [0.3, 0.4) is 0 Å². The van der Waals surface area contributed by atoms with E-state index in [0.717, 1.165) is 0 Å². The summed E-state index contributed by atoms with van der Waals surface area (Å²) < 4.78 is 15.5. The zero-order valence-electron chi connectivity index (χ0n) is 16.1. The van der Waals surface area contributed by atoms with Gasteiger partial charge in [-0.1, -0.05) is 6.07 Å². The van der Waals surface area contributed by atoms with Gasteiger partial charge in [-0.15, -0.1) is 0 Å². The Kier molecular flexibility index (Phi) is 5.93. The number of non-ortho nitro benzene ring substituents is 1. The monoisotopic (exact) mass is 408 g/mol. The van der Waals surface area contributed by atoms with E-state index in [1.807, 2.05) is 0 Å². The number of nitro groups is 1. The van der Waals surface area contributed by atoms with E-state index in [1.54, 1.807) is 31.2 Å². The lowest BCUT2D eigenvalue weighted by molar-refractivity contribution is -0.808. The lowest BCUT2D eigenvalue weighted by Gasteiger charge is -2.10. The fourth-order valence-corrected chi connectivity index (χ4v) is 2.64. The van der Waals surface area contributed by atoms with Crippen molar-refractivity contribution in [3.8, 4) is 17.6 Å². The molecule has 152 valence electrons. The second-order valence-corrected chi connectivity index (χ2v) is 6.13. The molecule has 1 aromatic heterocycles. The van der Waals surface area contributed by atoms with E-state index < -0.39 is 4.92 Å². The first-order valence-corrected chi connectivity index (χ1v) is 8.65. The normalized spacial score (nSPS) is 11.0. The third kappa shape index (κ3) is 4.36. The molecule has 0 bridgehead atoms. The maximum Gasteiger partial charge on any atom is 0.269 e. The van der Waals surface area contributed by atoms with Gasteiger partial charge in [0, 0.05) is 24.2 Å². The fourth-order valence-electron chi connectivity index (χ4n) is 2.64. The Morgan fingerprint density at radius 2 is 2.03 bits per heavy atom. The molecule has 1 heterocycles. The van der Waals surface area contributed by atoms with Crippen molar-refractivity contribution in [3.05, 3.63) is 80.3 Å². The van der Waals surface area contributed by atoms with E-state index in [0.29, 0.717) is 33.9 Å². The molecule has 3 aromatic rings. The highest BCUT2D eigenvalue weighted by Gasteiger charge is 2.16. The molecule has 3 rings (SSSR count). The standard InChI is InChI=1S/C20H16N4O6/c1-13-18(24(27)30-22-13)12-29-19-8-3-14(10-20(19)28-2)9-16(11-21)15-4-6-17(7-5-15)23(25)26/h3-10H,12H2,1-2H3. The summed E-state index contributed by atoms with van der Waals surface area (Å²) in [6.45, 7) is 1.57. The van der Waals surface area contributed by atoms with E-state index in [-0.39, 0.29) is 22.9 Å². The van der Waals surface area contributed by atoms with Crippen molar-refractivity contribution in [1.82, 2.24) is 5.16 Å². The van der Waals surface area contributed by atoms with Gasteiger partial charge in [-0.25, -0.2) is 0 Å². The summed E-state index contributed by atoms with van der Waals surface area (Å²) in [6.07, 6.45) is 1.63. The van der Waals surface area contributed by atoms with Crippen LogP contribution >= 0.6 is 0 Å². The van der Waals surface area contributed by atoms with Gasteiger partial charge >= 0.3 is 0 Å². The van der Waals surface area contributed by atoms with E-state index in [2.05, 4.69) is 15.9 Å². The molecular weight excluding hydrogens is 392 g/mol. The Bertz CT molecular complexity index is 1130. The summed E-state index contributed by atoms with van der Waals surface area (Å²) in [6, 6.07) is 12.8. The Labute approximate surface area is 170 Å². The number of aryl methyl sites for hydroxylation is 1. The molecule has 0 spiro atoms. The molecular formula is C20H16N4O6. The number of nitro benzene ring substituents is 1. The highest BCUT2D eigenvalue weighted by Crippen LogP contribution is 2.30. The van der Waals surface area contributed by atoms with Gasteiger partial charge in [0.05, 0.1) is 23.7 Å². The first kappa shape index (κ1) is 20.3. The molecule has 30 heavy (non-hydrogen) atoms. The number of nitrogens with zero attached hydrogens (tertiary/aromatic N) is 4. The quantitative estimate of drug-likeness (QED) is 0.191. The molecule has 0 amide bonds. The van der Waals surface area contributed by atoms with Crippen LogP contribution in [0.4, 0.5) is 5.69 Å². The molecule has 10 nitrogen and oxygen atoms in total. The van der Waals surface area contributed by atoms with Crippen molar-refractivity contribution in [1.29, 1.82) is 5.26 Å². The van der Waals surface area contributed by atoms with Gasteiger partial charge in [-0.05, 0) is 46.4 Å². The van der Waals surface area contributed by atoms with Gasteiger partial charge in [-0.3, -0.25) is 14.7 Å². The zero-order chi connectivity index (χ0) is 21.7. The number of allylic oxidation sites excluding steroid dienone is 1. The summed E-state index contributed by atoms with van der Waals surface area (Å²) in [7, 11) is 1.47. The molecule has 0 N–H and O–H groups in total. The molecule has 10 heteroatoms. The lowest BCUT2D eigenvalue weighted by atomic mass is 10.0. The van der Waals surface area contributed by atoms with Gasteiger partial charge in [0.1, 0.15) is 0 Å². The van der Waals surface area contributed by atoms with Crippen molar-refractivity contribution >= 4 is 17.3 Å². The van der Waals surface area contributed by atoms with Crippen LogP contribution in [0.25, 0.3) is 11.6 Å². The lowest BCUT2D eigenvalue weighted by Crippen LogP contribution is -2.29. The molecule has 0 aliphatic heterocycles. The van der Waals surface area contributed by atoms with Crippen LogP contribution in [0.2, 0.25) is 0 Å². The number of hydrogen-bond donors (Lipinski definition) is 0. The summed E-state index contributed by atoms with van der Waals surface area (Å²) in [5.41, 5.74) is 2.14. The molecule has 0 atom stereocenters. The van der Waals surface area contributed by atoms with Crippen LogP contribution in [-0.4, -0.2) is 17.2 Å². The third-order valence-electron chi connectivity index (χ3n) is 4.26. The van der Waals surface area contributed by atoms with E-state index in [1.165, 1.54) is 31.4 Å². The SMILES string of the molecule is COc1cc(C=C(C#N)c2ccc([N+](=O)[O-])cc2)ccc1OCc1c(C)no[n+]1[O-]. The first-order valence-electron chi connectivity index (χ1n) is 8.65. The van der Waals surface area contributed by atoms with Gasteiger partial charge in [0.15, 0.2) is 18.1 Å². The van der Waals surface area contributed by atoms with Gasteiger partial charge in [0.2, 0.25) is 11.4 Å². The zero-order valence-corrected chi connectivity index (χ0v) is 16.1. The van der Waals surface area contributed by atoms with Crippen LogP contribution in [0, 0.1) is 33.6 Å². The van der Waals surface area contributed by atoms with Crippen molar-refractivity contribution in [3.63, 3.8) is 0 Å². The second kappa shape index (κ2) is 8.74. The Morgan fingerprint density at radius 1 is 1.30 bits per heavy atom. The Morgan fingerprint density at radius 3 is 2.60 bits per heavy atom. The number of methoxy groups -OCH3 is 1. The molecule has 0 saturated heterocycles. The second-order valence-electron chi connectivity index (χ2n) is 6.13. The number of benzene rings is 2. The average Bonchev–Trinajstić information content (AvgIpc) is 3.08. The number of ether oxygens (including phenoxy) is 2. The highest BCUT2D eigenvalue weighted by atomic mass is 16.8. The minimum Gasteiger partial charge on any atom is -0.493 e. The van der Waals surface area contributed by atoms with Crippen LogP contribution < -0.4 is 14.4 Å². The van der Waals surface area contributed by atoms with Crippen molar-refractivity contribution < 1.29 is 23.9 Å². The Balaban J connectivity index is 1.83.